The van der Waals surface area contributed by atoms with Gasteiger partial charge in [-0.1, -0.05) is 18.2 Å². The number of hydrogen-bond acceptors (Lipinski definition) is 4. The normalized spacial score (nSPS) is 12.7. The first kappa shape index (κ1) is 10.1. The zero-order valence-corrected chi connectivity index (χ0v) is 8.65. The molecule has 1 heterocycles. The lowest BCUT2D eigenvalue weighted by Gasteiger charge is -2.31. The van der Waals surface area contributed by atoms with Crippen molar-refractivity contribution in [1.29, 1.82) is 0 Å². The molecule has 15 heavy (non-hydrogen) atoms. The van der Waals surface area contributed by atoms with Gasteiger partial charge in [-0.05, 0) is 12.1 Å². The van der Waals surface area contributed by atoms with E-state index in [1.807, 2.05) is 0 Å². The summed E-state index contributed by atoms with van der Waals surface area (Å²) in [4.78, 5) is 0.659. The molecule has 0 radical (unpaired) electrons. The maximum Gasteiger partial charge on any atom is 0.125 e. The van der Waals surface area contributed by atoms with Crippen LogP contribution in [-0.2, 0) is 0 Å². The Bertz CT molecular complexity index is 453. The third kappa shape index (κ3) is 1.72. The molecule has 0 aliphatic heterocycles. The summed E-state index contributed by atoms with van der Waals surface area (Å²) in [5.74, 6) is 0. The van der Waals surface area contributed by atoms with Crippen molar-refractivity contribution in [2.45, 2.75) is 9.79 Å². The molecule has 80 valence electrons. The zero-order valence-electron chi connectivity index (χ0n) is 7.83. The molecule has 4 N–H and O–H groups in total. The number of rotatable bonds is 2. The zero-order chi connectivity index (χ0) is 10.9. The summed E-state index contributed by atoms with van der Waals surface area (Å²) in [7, 11) is -3.05. The summed E-state index contributed by atoms with van der Waals surface area (Å²) in [5, 5.41) is 0. The van der Waals surface area contributed by atoms with Gasteiger partial charge < -0.3 is 10.2 Å². The molecular formula is C10H11NO3S. The first-order chi connectivity index (χ1) is 7.12. The lowest BCUT2D eigenvalue weighted by Crippen LogP contribution is -2.00. The van der Waals surface area contributed by atoms with E-state index in [1.54, 1.807) is 30.3 Å². The lowest BCUT2D eigenvalue weighted by molar-refractivity contribution is 0.483. The number of furan rings is 1. The molecule has 0 aliphatic rings. The van der Waals surface area contributed by atoms with E-state index in [-0.39, 0.29) is 10.6 Å². The van der Waals surface area contributed by atoms with E-state index >= 15 is 0 Å². The van der Waals surface area contributed by atoms with Gasteiger partial charge in [-0.25, -0.2) is 0 Å². The number of nitrogen functional groups attached to an aromatic ring is 1. The Hall–Kier alpha value is -1.43. The highest BCUT2D eigenvalue weighted by molar-refractivity contribution is 8.24. The van der Waals surface area contributed by atoms with Crippen molar-refractivity contribution in [3.63, 3.8) is 0 Å². The monoisotopic (exact) mass is 225 g/mol. The van der Waals surface area contributed by atoms with Gasteiger partial charge >= 0.3 is 0 Å². The molecule has 0 spiro atoms. The summed E-state index contributed by atoms with van der Waals surface area (Å²) < 4.78 is 24.9. The molecule has 0 fully saturated rings. The van der Waals surface area contributed by atoms with Gasteiger partial charge in [-0.15, -0.1) is 10.6 Å². The molecule has 1 aromatic carbocycles. The highest BCUT2D eigenvalue weighted by Gasteiger charge is 2.22. The van der Waals surface area contributed by atoms with Crippen molar-refractivity contribution in [2.75, 3.05) is 5.73 Å². The van der Waals surface area contributed by atoms with Gasteiger partial charge in [0.05, 0.1) is 10.6 Å². The standard InChI is InChI=1S/C10H11NO3S/c11-9-6-14-7-10(9)15(12,13)8-4-2-1-3-5-8/h1-7,12-13H,11H2. The van der Waals surface area contributed by atoms with Crippen molar-refractivity contribution in [3.8, 4) is 0 Å². The van der Waals surface area contributed by atoms with Gasteiger partial charge in [-0.3, -0.25) is 9.11 Å². The van der Waals surface area contributed by atoms with E-state index in [4.69, 9.17) is 10.2 Å². The highest BCUT2D eigenvalue weighted by atomic mass is 32.3. The average molecular weight is 225 g/mol. The maximum absolute atomic E-state index is 10.0. The molecule has 5 heteroatoms. The highest BCUT2D eigenvalue weighted by Crippen LogP contribution is 2.57. The molecule has 0 saturated carbocycles. The van der Waals surface area contributed by atoms with E-state index in [2.05, 4.69) is 0 Å². The first-order valence-electron chi connectivity index (χ1n) is 4.27. The minimum Gasteiger partial charge on any atom is -0.468 e. The van der Waals surface area contributed by atoms with Crippen LogP contribution in [-0.4, -0.2) is 9.11 Å². The van der Waals surface area contributed by atoms with Crippen molar-refractivity contribution >= 4 is 16.3 Å². The minimum atomic E-state index is -3.05. The third-order valence-corrected chi connectivity index (χ3v) is 3.91. The Labute approximate surface area is 88.7 Å². The second-order valence-electron chi connectivity index (χ2n) is 3.05. The summed E-state index contributed by atoms with van der Waals surface area (Å²) in [6.07, 6.45) is 2.55. The van der Waals surface area contributed by atoms with Crippen molar-refractivity contribution in [2.24, 2.45) is 0 Å². The van der Waals surface area contributed by atoms with E-state index in [1.165, 1.54) is 12.5 Å². The van der Waals surface area contributed by atoms with Crippen LogP contribution in [0, 0.1) is 0 Å². The quantitative estimate of drug-likeness (QED) is 0.733. The van der Waals surface area contributed by atoms with E-state index < -0.39 is 10.6 Å². The molecule has 2 aromatic rings. The number of nitrogens with two attached hydrogens (primary N) is 1. The maximum atomic E-state index is 10.0. The number of anilines is 1. The Morgan fingerprint density at radius 3 is 2.27 bits per heavy atom. The van der Waals surface area contributed by atoms with Crippen LogP contribution in [0.2, 0.25) is 0 Å². The molecule has 0 amide bonds. The number of benzene rings is 1. The molecular weight excluding hydrogens is 214 g/mol. The molecule has 0 bridgehead atoms. The predicted octanol–water partition coefficient (Wildman–Crippen LogP) is 3.03. The van der Waals surface area contributed by atoms with Crippen molar-refractivity contribution in [3.05, 3.63) is 42.9 Å². The predicted molar refractivity (Wildman–Crippen MR) is 58.9 cm³/mol. The summed E-state index contributed by atoms with van der Waals surface area (Å²) in [5.41, 5.74) is 5.82. The molecule has 2 rings (SSSR count). The second kappa shape index (κ2) is 3.62. The molecule has 1 aromatic heterocycles. The van der Waals surface area contributed by atoms with Crippen molar-refractivity contribution in [1.82, 2.24) is 0 Å². The number of hydrogen-bond donors (Lipinski definition) is 3. The summed E-state index contributed by atoms with van der Waals surface area (Å²) in [6.45, 7) is 0. The van der Waals surface area contributed by atoms with E-state index in [0.29, 0.717) is 4.90 Å². The molecule has 4 nitrogen and oxygen atoms in total. The Morgan fingerprint density at radius 1 is 1.07 bits per heavy atom. The van der Waals surface area contributed by atoms with Crippen molar-refractivity contribution < 1.29 is 13.5 Å². The van der Waals surface area contributed by atoms with Gasteiger partial charge in [0.25, 0.3) is 0 Å². The van der Waals surface area contributed by atoms with E-state index in [9.17, 15) is 9.11 Å². The van der Waals surface area contributed by atoms with Gasteiger partial charge in [0.15, 0.2) is 0 Å². The van der Waals surface area contributed by atoms with Gasteiger partial charge in [0.1, 0.15) is 17.4 Å². The smallest absolute Gasteiger partial charge is 0.125 e. The van der Waals surface area contributed by atoms with E-state index in [0.717, 1.165) is 0 Å². The largest absolute Gasteiger partial charge is 0.468 e. The second-order valence-corrected chi connectivity index (χ2v) is 5.06. The van der Waals surface area contributed by atoms with Crippen LogP contribution in [0.4, 0.5) is 5.69 Å². The lowest BCUT2D eigenvalue weighted by atomic mass is 10.4. The fourth-order valence-corrected chi connectivity index (χ4v) is 2.62. The summed E-state index contributed by atoms with van der Waals surface area (Å²) >= 11 is 0. The molecule has 0 atom stereocenters. The Kier molecular flexibility index (Phi) is 2.44. The van der Waals surface area contributed by atoms with Crippen LogP contribution in [0.15, 0.2) is 57.1 Å². The fourth-order valence-electron chi connectivity index (χ4n) is 1.26. The molecule has 0 saturated heterocycles. The van der Waals surface area contributed by atoms with Crippen LogP contribution >= 0.6 is 10.6 Å². The first-order valence-corrected chi connectivity index (χ1v) is 5.82. The third-order valence-electron chi connectivity index (χ3n) is 2.03. The topological polar surface area (TPSA) is 79.6 Å². The van der Waals surface area contributed by atoms with Gasteiger partial charge in [-0.2, -0.15) is 0 Å². The average Bonchev–Trinajstić information content (AvgIpc) is 2.66. The SMILES string of the molecule is Nc1cocc1S(O)(O)c1ccccc1. The van der Waals surface area contributed by atoms with Gasteiger partial charge in [0.2, 0.25) is 0 Å². The Morgan fingerprint density at radius 2 is 1.73 bits per heavy atom. The van der Waals surface area contributed by atoms with Crippen LogP contribution in [0.5, 0.6) is 0 Å². The minimum absolute atomic E-state index is 0.230. The molecule has 0 aliphatic carbocycles. The van der Waals surface area contributed by atoms with Crippen LogP contribution < -0.4 is 5.73 Å². The van der Waals surface area contributed by atoms with Crippen LogP contribution in [0.3, 0.4) is 0 Å². The van der Waals surface area contributed by atoms with Crippen LogP contribution in [0.25, 0.3) is 0 Å². The van der Waals surface area contributed by atoms with Gasteiger partial charge in [0, 0.05) is 0 Å². The fraction of sp³-hybridized carbons (Fsp3) is 0. The van der Waals surface area contributed by atoms with Crippen LogP contribution in [0.1, 0.15) is 0 Å². The summed E-state index contributed by atoms with van der Waals surface area (Å²) in [6, 6.07) is 8.56. The molecule has 0 unspecified atom stereocenters. The Balaban J connectivity index is 2.48.